The van der Waals surface area contributed by atoms with Gasteiger partial charge in [-0.1, -0.05) is 42.5 Å². The molecule has 2 aliphatic rings. The fourth-order valence-electron chi connectivity index (χ4n) is 6.51. The number of aromatic carboxylic acids is 1. The number of carboxylic acids is 1. The Morgan fingerprint density at radius 3 is 2.24 bits per heavy atom. The fraction of sp³-hybridized carbons (Fsp3) is 0.500. The van der Waals surface area contributed by atoms with Crippen LogP contribution in [0.2, 0.25) is 0 Å². The van der Waals surface area contributed by atoms with Crippen molar-refractivity contribution >= 4 is 23.9 Å². The Morgan fingerprint density at radius 1 is 1.02 bits per heavy atom. The Labute approximate surface area is 245 Å². The van der Waals surface area contributed by atoms with Crippen molar-refractivity contribution in [3.8, 4) is 0 Å². The van der Waals surface area contributed by atoms with Gasteiger partial charge in [0.15, 0.2) is 0 Å². The van der Waals surface area contributed by atoms with Gasteiger partial charge < -0.3 is 25.8 Å². The van der Waals surface area contributed by atoms with Gasteiger partial charge in [-0.25, -0.2) is 14.0 Å². The van der Waals surface area contributed by atoms with E-state index < -0.39 is 52.8 Å². The zero-order valence-corrected chi connectivity index (χ0v) is 24.5. The Bertz CT molecular complexity index is 1320. The molecule has 4 atom stereocenters. The molecule has 1 saturated heterocycles. The summed E-state index contributed by atoms with van der Waals surface area (Å²) in [6.07, 6.45) is 2.05. The van der Waals surface area contributed by atoms with Crippen LogP contribution in [0.25, 0.3) is 0 Å². The van der Waals surface area contributed by atoms with Gasteiger partial charge in [0, 0.05) is 30.3 Å². The highest BCUT2D eigenvalue weighted by molar-refractivity contribution is 5.90. The van der Waals surface area contributed by atoms with E-state index in [0.717, 1.165) is 0 Å². The summed E-state index contributed by atoms with van der Waals surface area (Å²) in [5.41, 5.74) is 5.70. The number of rotatable bonds is 7. The Morgan fingerprint density at radius 2 is 1.67 bits per heavy atom. The number of primary amides is 1. The van der Waals surface area contributed by atoms with Gasteiger partial charge in [0.05, 0.1) is 5.56 Å². The highest BCUT2D eigenvalue weighted by atomic mass is 19.1. The molecule has 10 heteroatoms. The molecular weight excluding hydrogens is 541 g/mol. The van der Waals surface area contributed by atoms with Crippen molar-refractivity contribution in [3.05, 3.63) is 71.0 Å². The molecule has 0 radical (unpaired) electrons. The SMILES string of the molecule is CC(NC(=O)OC(C)(C)C)[C@H]1CC[C@H](C(=O)N2CC(c3cccc(C(=O)O)c3F)[C@@H](c3ccccc3)[C@H]2C(N)=O)CC1. The summed E-state index contributed by atoms with van der Waals surface area (Å²) in [5, 5.41) is 12.4. The summed E-state index contributed by atoms with van der Waals surface area (Å²) < 4.78 is 20.9. The summed E-state index contributed by atoms with van der Waals surface area (Å²) in [7, 11) is 0. The largest absolute Gasteiger partial charge is 0.478 e. The van der Waals surface area contributed by atoms with Gasteiger partial charge >= 0.3 is 12.1 Å². The number of ether oxygens (including phenoxy) is 1. The molecule has 0 spiro atoms. The van der Waals surface area contributed by atoms with E-state index in [1.165, 1.54) is 23.1 Å². The molecular formula is C32H40FN3O6. The van der Waals surface area contributed by atoms with Crippen LogP contribution in [0.5, 0.6) is 0 Å². The minimum atomic E-state index is -1.39. The van der Waals surface area contributed by atoms with Crippen molar-refractivity contribution in [2.75, 3.05) is 6.54 Å². The molecule has 9 nitrogen and oxygen atoms in total. The second-order valence-electron chi connectivity index (χ2n) is 12.4. The minimum Gasteiger partial charge on any atom is -0.478 e. The smallest absolute Gasteiger partial charge is 0.407 e. The summed E-state index contributed by atoms with van der Waals surface area (Å²) >= 11 is 0. The molecule has 3 amide bonds. The van der Waals surface area contributed by atoms with Crippen molar-refractivity contribution in [2.45, 2.75) is 82.9 Å². The molecule has 4 rings (SSSR count). The van der Waals surface area contributed by atoms with Gasteiger partial charge in [0.2, 0.25) is 11.8 Å². The molecule has 1 saturated carbocycles. The number of halogens is 1. The lowest BCUT2D eigenvalue weighted by molar-refractivity contribution is -0.142. The van der Waals surface area contributed by atoms with E-state index >= 15 is 4.39 Å². The van der Waals surface area contributed by atoms with Crippen LogP contribution in [0.15, 0.2) is 48.5 Å². The number of hydrogen-bond donors (Lipinski definition) is 3. The van der Waals surface area contributed by atoms with Crippen molar-refractivity contribution in [3.63, 3.8) is 0 Å². The number of nitrogens with two attached hydrogens (primary N) is 1. The lowest BCUT2D eigenvalue weighted by atomic mass is 9.78. The summed E-state index contributed by atoms with van der Waals surface area (Å²) in [4.78, 5) is 52.3. The average molecular weight is 582 g/mol. The first kappa shape index (κ1) is 31.0. The van der Waals surface area contributed by atoms with Crippen molar-refractivity contribution < 1.29 is 33.4 Å². The quantitative estimate of drug-likeness (QED) is 0.429. The van der Waals surface area contributed by atoms with Crippen LogP contribution >= 0.6 is 0 Å². The zero-order valence-electron chi connectivity index (χ0n) is 24.5. The van der Waals surface area contributed by atoms with Crippen LogP contribution < -0.4 is 11.1 Å². The third kappa shape index (κ3) is 6.74. The van der Waals surface area contributed by atoms with Gasteiger partial charge in [0.1, 0.15) is 17.5 Å². The van der Waals surface area contributed by atoms with Crippen LogP contribution in [0.4, 0.5) is 9.18 Å². The molecule has 226 valence electrons. The van der Waals surface area contributed by atoms with Gasteiger partial charge in [-0.3, -0.25) is 9.59 Å². The number of likely N-dealkylation sites (tertiary alicyclic amines) is 1. The van der Waals surface area contributed by atoms with E-state index in [9.17, 15) is 24.3 Å². The number of carbonyl (C=O) groups is 4. The predicted octanol–water partition coefficient (Wildman–Crippen LogP) is 4.81. The van der Waals surface area contributed by atoms with E-state index in [2.05, 4.69) is 5.32 Å². The number of hydrogen-bond acceptors (Lipinski definition) is 5. The molecule has 42 heavy (non-hydrogen) atoms. The Kier molecular flexibility index (Phi) is 9.23. The first-order chi connectivity index (χ1) is 19.8. The topological polar surface area (TPSA) is 139 Å². The van der Waals surface area contributed by atoms with Gasteiger partial charge in [-0.15, -0.1) is 0 Å². The maximum Gasteiger partial charge on any atom is 0.407 e. The van der Waals surface area contributed by atoms with E-state index in [1.54, 1.807) is 32.9 Å². The van der Waals surface area contributed by atoms with Crippen molar-refractivity contribution in [1.29, 1.82) is 0 Å². The molecule has 4 N–H and O–H groups in total. The number of alkyl carbamates (subject to hydrolysis) is 1. The van der Waals surface area contributed by atoms with Crippen LogP contribution in [0.3, 0.4) is 0 Å². The summed E-state index contributed by atoms with van der Waals surface area (Å²) in [6, 6.07) is 12.0. The first-order valence-corrected chi connectivity index (χ1v) is 14.4. The number of amides is 3. The fourth-order valence-corrected chi connectivity index (χ4v) is 6.51. The highest BCUT2D eigenvalue weighted by Crippen LogP contribution is 2.46. The molecule has 1 heterocycles. The highest BCUT2D eigenvalue weighted by Gasteiger charge is 2.50. The summed E-state index contributed by atoms with van der Waals surface area (Å²) in [5.74, 6) is -4.72. The molecule has 2 unspecified atom stereocenters. The predicted molar refractivity (Wildman–Crippen MR) is 154 cm³/mol. The third-order valence-electron chi connectivity index (χ3n) is 8.49. The standard InChI is InChI=1S/C32H40FN3O6/c1-18(35-31(41)42-32(2,3)4)19-13-15-21(16-14-19)29(38)36-17-24(22-11-8-12-23(26(22)33)30(39)40)25(27(36)28(34)37)20-9-6-5-7-10-20/h5-12,18-19,21,24-25,27H,13-17H2,1-4H3,(H2,34,37)(H,35,41)(H,39,40)/t18?,19-,21-,24?,25-,27+/m1/s1. The molecule has 2 aromatic carbocycles. The van der Waals surface area contributed by atoms with Crippen LogP contribution in [0.1, 0.15) is 86.7 Å². The average Bonchev–Trinajstić information content (AvgIpc) is 3.33. The number of carboxylic acid groups (broad SMARTS) is 1. The van der Waals surface area contributed by atoms with Gasteiger partial charge in [-0.05, 0) is 76.5 Å². The van der Waals surface area contributed by atoms with E-state index in [0.29, 0.717) is 31.2 Å². The number of nitrogens with zero attached hydrogens (tertiary/aromatic N) is 1. The lowest BCUT2D eigenvalue weighted by Gasteiger charge is -2.35. The molecule has 0 bridgehead atoms. The maximum absolute atomic E-state index is 15.5. The Hall–Kier alpha value is -3.95. The Balaban J connectivity index is 1.56. The van der Waals surface area contributed by atoms with Gasteiger partial charge in [-0.2, -0.15) is 0 Å². The minimum absolute atomic E-state index is 0.0303. The van der Waals surface area contributed by atoms with Crippen molar-refractivity contribution in [1.82, 2.24) is 10.2 Å². The maximum atomic E-state index is 15.5. The molecule has 0 aromatic heterocycles. The van der Waals surface area contributed by atoms with Crippen LogP contribution in [0, 0.1) is 17.7 Å². The van der Waals surface area contributed by atoms with E-state index in [-0.39, 0.29) is 35.9 Å². The molecule has 1 aliphatic heterocycles. The molecule has 2 fully saturated rings. The monoisotopic (exact) mass is 581 g/mol. The molecule has 2 aromatic rings. The number of nitrogens with one attached hydrogen (secondary N) is 1. The van der Waals surface area contributed by atoms with E-state index in [1.807, 2.05) is 25.1 Å². The number of carbonyl (C=O) groups excluding carboxylic acids is 3. The summed E-state index contributed by atoms with van der Waals surface area (Å²) in [6.45, 7) is 7.36. The molecule has 1 aliphatic carbocycles. The third-order valence-corrected chi connectivity index (χ3v) is 8.49. The van der Waals surface area contributed by atoms with Gasteiger partial charge in [0.25, 0.3) is 0 Å². The second-order valence-corrected chi connectivity index (χ2v) is 12.4. The lowest BCUT2D eigenvalue weighted by Crippen LogP contribution is -2.49. The van der Waals surface area contributed by atoms with Crippen LogP contribution in [-0.2, 0) is 14.3 Å². The van der Waals surface area contributed by atoms with Crippen molar-refractivity contribution in [2.24, 2.45) is 17.6 Å². The normalized spacial score (nSPS) is 25.0. The second kappa shape index (κ2) is 12.5. The zero-order chi connectivity index (χ0) is 30.8. The van der Waals surface area contributed by atoms with Crippen LogP contribution in [-0.4, -0.2) is 58.1 Å². The first-order valence-electron chi connectivity index (χ1n) is 14.4. The number of benzene rings is 2. The van der Waals surface area contributed by atoms with E-state index in [4.69, 9.17) is 10.5 Å².